The van der Waals surface area contributed by atoms with Crippen LogP contribution in [0.4, 0.5) is 4.79 Å². The maximum atomic E-state index is 10.6. The molecule has 1 rings (SSSR count). The fraction of sp³-hybridized carbons (Fsp3) is 0.500. The topological polar surface area (TPSA) is 29.5 Å². The Labute approximate surface area is 53.9 Å². The fourth-order valence-electron chi connectivity index (χ4n) is 0.650. The summed E-state index contributed by atoms with van der Waals surface area (Å²) in [4.78, 5) is 12.1. The SMILES string of the molecule is C=C1CCOC(=O)N1C. The van der Waals surface area contributed by atoms with Crippen LogP contribution in [0.5, 0.6) is 0 Å². The highest BCUT2D eigenvalue weighted by Gasteiger charge is 2.17. The highest BCUT2D eigenvalue weighted by Crippen LogP contribution is 2.11. The maximum Gasteiger partial charge on any atom is 0.413 e. The zero-order valence-corrected chi connectivity index (χ0v) is 5.39. The molecule has 50 valence electrons. The van der Waals surface area contributed by atoms with Crippen LogP contribution in [-0.2, 0) is 4.74 Å². The summed E-state index contributed by atoms with van der Waals surface area (Å²) in [5.41, 5.74) is 0.825. The van der Waals surface area contributed by atoms with Crippen LogP contribution in [0.1, 0.15) is 6.42 Å². The van der Waals surface area contributed by atoms with E-state index in [9.17, 15) is 4.79 Å². The molecule has 0 unspecified atom stereocenters. The molecule has 3 nitrogen and oxygen atoms in total. The predicted molar refractivity (Wildman–Crippen MR) is 32.9 cm³/mol. The third-order valence-electron chi connectivity index (χ3n) is 1.36. The van der Waals surface area contributed by atoms with Crippen LogP contribution in [0.15, 0.2) is 12.3 Å². The summed E-state index contributed by atoms with van der Waals surface area (Å²) in [6, 6.07) is 0. The molecular weight excluding hydrogens is 118 g/mol. The van der Waals surface area contributed by atoms with Crippen LogP contribution in [0, 0.1) is 0 Å². The number of carbonyl (C=O) groups is 1. The third-order valence-corrected chi connectivity index (χ3v) is 1.36. The van der Waals surface area contributed by atoms with Crippen molar-refractivity contribution in [3.05, 3.63) is 12.3 Å². The molecular formula is C6H9NO2. The first-order valence-electron chi connectivity index (χ1n) is 2.80. The molecule has 0 N–H and O–H groups in total. The molecule has 1 saturated heterocycles. The lowest BCUT2D eigenvalue weighted by Crippen LogP contribution is -2.31. The molecule has 0 bridgehead atoms. The van der Waals surface area contributed by atoms with Gasteiger partial charge in [0.25, 0.3) is 0 Å². The number of nitrogens with zero attached hydrogens (tertiary/aromatic N) is 1. The largest absolute Gasteiger partial charge is 0.449 e. The standard InChI is InChI=1S/C6H9NO2/c1-5-3-4-9-6(8)7(5)2/h1,3-4H2,2H3. The highest BCUT2D eigenvalue weighted by atomic mass is 16.6. The molecule has 1 fully saturated rings. The van der Waals surface area contributed by atoms with E-state index < -0.39 is 0 Å². The first kappa shape index (κ1) is 6.13. The van der Waals surface area contributed by atoms with Crippen LogP contribution in [0.2, 0.25) is 0 Å². The number of cyclic esters (lactones) is 1. The zero-order chi connectivity index (χ0) is 6.85. The molecule has 0 atom stereocenters. The molecule has 1 aliphatic rings. The average molecular weight is 127 g/mol. The summed E-state index contributed by atoms with van der Waals surface area (Å²) in [5, 5.41) is 0. The summed E-state index contributed by atoms with van der Waals surface area (Å²) < 4.78 is 4.69. The van der Waals surface area contributed by atoms with Crippen molar-refractivity contribution in [1.82, 2.24) is 4.90 Å². The summed E-state index contributed by atoms with van der Waals surface area (Å²) in [7, 11) is 1.66. The molecule has 1 amide bonds. The molecule has 0 aromatic carbocycles. The lowest BCUT2D eigenvalue weighted by molar-refractivity contribution is 0.101. The Kier molecular flexibility index (Phi) is 1.42. The molecule has 0 aromatic heterocycles. The lowest BCUT2D eigenvalue weighted by atomic mass is 10.3. The molecule has 9 heavy (non-hydrogen) atoms. The van der Waals surface area contributed by atoms with Gasteiger partial charge in [0, 0.05) is 19.2 Å². The molecule has 0 aromatic rings. The lowest BCUT2D eigenvalue weighted by Gasteiger charge is -2.23. The van der Waals surface area contributed by atoms with Crippen LogP contribution in [0.3, 0.4) is 0 Å². The average Bonchev–Trinajstić information content (AvgIpc) is 1.83. The summed E-state index contributed by atoms with van der Waals surface area (Å²) in [6.45, 7) is 4.14. The molecule has 0 saturated carbocycles. The van der Waals surface area contributed by atoms with Crippen molar-refractivity contribution in [3.8, 4) is 0 Å². The van der Waals surface area contributed by atoms with Gasteiger partial charge in [-0.25, -0.2) is 4.79 Å². The number of carbonyl (C=O) groups excluding carboxylic acids is 1. The summed E-state index contributed by atoms with van der Waals surface area (Å²) >= 11 is 0. The first-order chi connectivity index (χ1) is 4.22. The van der Waals surface area contributed by atoms with Crippen LogP contribution in [-0.4, -0.2) is 24.6 Å². The van der Waals surface area contributed by atoms with E-state index in [0.29, 0.717) is 6.61 Å². The number of hydrogen-bond acceptors (Lipinski definition) is 2. The van der Waals surface area contributed by atoms with Crippen molar-refractivity contribution < 1.29 is 9.53 Å². The fourth-order valence-corrected chi connectivity index (χ4v) is 0.650. The molecule has 1 heterocycles. The van der Waals surface area contributed by atoms with E-state index in [1.807, 2.05) is 0 Å². The minimum atomic E-state index is -0.300. The summed E-state index contributed by atoms with van der Waals surface area (Å²) in [5.74, 6) is 0. The van der Waals surface area contributed by atoms with Crippen molar-refractivity contribution in [2.75, 3.05) is 13.7 Å². The van der Waals surface area contributed by atoms with E-state index in [1.165, 1.54) is 4.90 Å². The third kappa shape index (κ3) is 1.04. The van der Waals surface area contributed by atoms with Crippen molar-refractivity contribution in [3.63, 3.8) is 0 Å². The van der Waals surface area contributed by atoms with E-state index >= 15 is 0 Å². The zero-order valence-electron chi connectivity index (χ0n) is 5.39. The molecule has 0 aliphatic carbocycles. The normalized spacial score (nSPS) is 19.9. The van der Waals surface area contributed by atoms with Gasteiger partial charge in [-0.15, -0.1) is 0 Å². The van der Waals surface area contributed by atoms with Crippen LogP contribution >= 0.6 is 0 Å². The predicted octanol–water partition coefficient (Wildman–Crippen LogP) is 0.972. The van der Waals surface area contributed by atoms with Gasteiger partial charge in [-0.2, -0.15) is 0 Å². The van der Waals surface area contributed by atoms with Gasteiger partial charge in [-0.05, 0) is 0 Å². The van der Waals surface area contributed by atoms with E-state index in [1.54, 1.807) is 7.05 Å². The van der Waals surface area contributed by atoms with Crippen LogP contribution in [0.25, 0.3) is 0 Å². The van der Waals surface area contributed by atoms with Gasteiger partial charge in [0.2, 0.25) is 0 Å². The van der Waals surface area contributed by atoms with E-state index in [2.05, 4.69) is 11.3 Å². The van der Waals surface area contributed by atoms with Gasteiger partial charge in [0.1, 0.15) is 0 Å². The quantitative estimate of drug-likeness (QED) is 0.485. The molecule has 0 spiro atoms. The second-order valence-electron chi connectivity index (χ2n) is 1.99. The Bertz CT molecular complexity index is 137. The van der Waals surface area contributed by atoms with Gasteiger partial charge in [0.05, 0.1) is 6.61 Å². The number of amides is 1. The van der Waals surface area contributed by atoms with E-state index in [-0.39, 0.29) is 6.09 Å². The van der Waals surface area contributed by atoms with Crippen molar-refractivity contribution >= 4 is 6.09 Å². The monoisotopic (exact) mass is 127 g/mol. The van der Waals surface area contributed by atoms with Crippen molar-refractivity contribution in [2.45, 2.75) is 6.42 Å². The minimum absolute atomic E-state index is 0.300. The van der Waals surface area contributed by atoms with Gasteiger partial charge >= 0.3 is 6.09 Å². The first-order valence-corrected chi connectivity index (χ1v) is 2.80. The number of hydrogen-bond donors (Lipinski definition) is 0. The summed E-state index contributed by atoms with van der Waals surface area (Å²) in [6.07, 6.45) is 0.452. The second kappa shape index (κ2) is 2.09. The smallest absolute Gasteiger partial charge is 0.413 e. The highest BCUT2D eigenvalue weighted by molar-refractivity contribution is 5.70. The second-order valence-corrected chi connectivity index (χ2v) is 1.99. The Hall–Kier alpha value is -0.990. The Morgan fingerprint density at radius 3 is 2.89 bits per heavy atom. The Balaban J connectivity index is 2.62. The van der Waals surface area contributed by atoms with Gasteiger partial charge in [-0.1, -0.05) is 6.58 Å². The van der Waals surface area contributed by atoms with Gasteiger partial charge in [-0.3, -0.25) is 4.90 Å². The molecule has 0 radical (unpaired) electrons. The van der Waals surface area contributed by atoms with E-state index in [0.717, 1.165) is 12.1 Å². The number of rotatable bonds is 0. The van der Waals surface area contributed by atoms with Crippen molar-refractivity contribution in [2.24, 2.45) is 0 Å². The Morgan fingerprint density at radius 1 is 1.78 bits per heavy atom. The Morgan fingerprint density at radius 2 is 2.44 bits per heavy atom. The molecule has 3 heteroatoms. The van der Waals surface area contributed by atoms with Gasteiger partial charge in [0.15, 0.2) is 0 Å². The number of ether oxygens (including phenoxy) is 1. The minimum Gasteiger partial charge on any atom is -0.449 e. The van der Waals surface area contributed by atoms with Crippen molar-refractivity contribution in [1.29, 1.82) is 0 Å². The van der Waals surface area contributed by atoms with Gasteiger partial charge < -0.3 is 4.74 Å². The van der Waals surface area contributed by atoms with E-state index in [4.69, 9.17) is 0 Å². The van der Waals surface area contributed by atoms with Crippen LogP contribution < -0.4 is 0 Å². The molecule has 1 aliphatic heterocycles. The maximum absolute atomic E-state index is 10.6.